The van der Waals surface area contributed by atoms with E-state index >= 15 is 0 Å². The van der Waals surface area contributed by atoms with Crippen molar-refractivity contribution in [1.82, 2.24) is 15.0 Å². The Morgan fingerprint density at radius 3 is 2.67 bits per heavy atom. The zero-order chi connectivity index (χ0) is 21.3. The van der Waals surface area contributed by atoms with E-state index in [1.54, 1.807) is 0 Å². The van der Waals surface area contributed by atoms with Crippen molar-refractivity contribution >= 4 is 22.9 Å². The molecule has 0 aliphatic heterocycles. The van der Waals surface area contributed by atoms with Gasteiger partial charge in [0.2, 0.25) is 11.8 Å². The number of hydrogen-bond donors (Lipinski definition) is 3. The van der Waals surface area contributed by atoms with Crippen molar-refractivity contribution in [3.8, 4) is 11.5 Å². The Labute approximate surface area is 177 Å². The second kappa shape index (κ2) is 10.9. The maximum atomic E-state index is 9.47. The highest BCUT2D eigenvalue weighted by atomic mass is 16.5. The second-order valence-electron chi connectivity index (χ2n) is 7.14. The molecular weight excluding hydrogens is 382 g/mol. The fraction of sp³-hybridized carbons (Fsp3) is 0.500. The molecule has 1 unspecified atom stereocenters. The van der Waals surface area contributed by atoms with Crippen molar-refractivity contribution < 1.29 is 14.3 Å². The van der Waals surface area contributed by atoms with Gasteiger partial charge in [-0.05, 0) is 38.3 Å². The Bertz CT molecular complexity index is 907. The van der Waals surface area contributed by atoms with Gasteiger partial charge in [-0.3, -0.25) is 0 Å². The largest absolute Gasteiger partial charge is 0.436 e. The molecule has 30 heavy (non-hydrogen) atoms. The minimum atomic E-state index is 0.184. The molecule has 0 fully saturated rings. The van der Waals surface area contributed by atoms with Crippen LogP contribution >= 0.6 is 0 Å². The molecule has 0 aliphatic rings. The van der Waals surface area contributed by atoms with Crippen LogP contribution in [-0.4, -0.2) is 53.0 Å². The van der Waals surface area contributed by atoms with Crippen molar-refractivity contribution in [2.75, 3.05) is 43.5 Å². The maximum absolute atomic E-state index is 9.47. The fourth-order valence-corrected chi connectivity index (χ4v) is 3.21. The van der Waals surface area contributed by atoms with Gasteiger partial charge in [-0.25, -0.2) is 9.97 Å². The van der Waals surface area contributed by atoms with Gasteiger partial charge in [0.1, 0.15) is 16.9 Å². The zero-order valence-corrected chi connectivity index (χ0v) is 17.9. The zero-order valence-electron chi connectivity index (χ0n) is 17.9. The van der Waals surface area contributed by atoms with E-state index in [4.69, 9.17) is 9.15 Å². The number of nitrogens with one attached hydrogen (secondary N) is 2. The van der Waals surface area contributed by atoms with Crippen molar-refractivity contribution in [2.45, 2.75) is 33.6 Å². The first-order chi connectivity index (χ1) is 14.7. The lowest BCUT2D eigenvalue weighted by Crippen LogP contribution is -2.16. The van der Waals surface area contributed by atoms with Crippen molar-refractivity contribution in [3.63, 3.8) is 0 Å². The smallest absolute Gasteiger partial charge is 0.232 e. The molecule has 3 N–H and O–H groups in total. The number of aliphatic hydroxyl groups excluding tert-OH is 1. The van der Waals surface area contributed by atoms with Crippen LogP contribution in [0.25, 0.3) is 22.6 Å². The van der Waals surface area contributed by atoms with Gasteiger partial charge in [0.05, 0.1) is 12.3 Å². The van der Waals surface area contributed by atoms with E-state index in [-0.39, 0.29) is 12.5 Å². The SMILES string of the molecule is CCOCCNc1nc(C)c(-c2nc3ccccc3o2)c(NCCC(CC)CO)n1. The third-order valence-electron chi connectivity index (χ3n) is 5.01. The summed E-state index contributed by atoms with van der Waals surface area (Å²) < 4.78 is 11.4. The van der Waals surface area contributed by atoms with E-state index in [2.05, 4.69) is 32.5 Å². The van der Waals surface area contributed by atoms with Crippen molar-refractivity contribution in [2.24, 2.45) is 5.92 Å². The molecule has 2 aromatic heterocycles. The fourth-order valence-electron chi connectivity index (χ4n) is 3.21. The minimum Gasteiger partial charge on any atom is -0.436 e. The Kier molecular flexibility index (Phi) is 7.98. The lowest BCUT2D eigenvalue weighted by Gasteiger charge is -2.16. The molecule has 1 aromatic carbocycles. The van der Waals surface area contributed by atoms with E-state index in [1.165, 1.54) is 0 Å². The van der Waals surface area contributed by atoms with Crippen LogP contribution in [0.15, 0.2) is 28.7 Å². The number of rotatable bonds is 12. The lowest BCUT2D eigenvalue weighted by molar-refractivity contribution is 0.158. The predicted molar refractivity (Wildman–Crippen MR) is 119 cm³/mol. The quantitative estimate of drug-likeness (QED) is 0.384. The Hall–Kier alpha value is -2.71. The van der Waals surface area contributed by atoms with E-state index in [0.29, 0.717) is 44.0 Å². The molecule has 0 radical (unpaired) electrons. The molecular formula is C22H31N5O3. The summed E-state index contributed by atoms with van der Waals surface area (Å²) >= 11 is 0. The van der Waals surface area contributed by atoms with Crippen LogP contribution in [-0.2, 0) is 4.74 Å². The summed E-state index contributed by atoms with van der Waals surface area (Å²) in [5.74, 6) is 1.95. The standard InChI is InChI=1S/C22H31N5O3/c1-4-16(14-28)10-11-23-20-19(21-26-17-8-6-7-9-18(17)30-21)15(3)25-22(27-20)24-12-13-29-5-2/h6-9,16,28H,4-5,10-14H2,1-3H3,(H2,23,24,25,27). The summed E-state index contributed by atoms with van der Waals surface area (Å²) in [5, 5.41) is 16.1. The number of aromatic nitrogens is 3. The van der Waals surface area contributed by atoms with Crippen LogP contribution in [0.4, 0.5) is 11.8 Å². The van der Waals surface area contributed by atoms with Crippen LogP contribution in [0, 0.1) is 12.8 Å². The molecule has 2 heterocycles. The number of aliphatic hydroxyl groups is 1. The normalized spacial score (nSPS) is 12.3. The molecule has 0 amide bonds. The summed E-state index contributed by atoms with van der Waals surface area (Å²) in [6, 6.07) is 7.67. The number of aryl methyl sites for hydroxylation is 1. The summed E-state index contributed by atoms with van der Waals surface area (Å²) in [6.07, 6.45) is 1.78. The van der Waals surface area contributed by atoms with E-state index in [0.717, 1.165) is 35.2 Å². The second-order valence-corrected chi connectivity index (χ2v) is 7.14. The van der Waals surface area contributed by atoms with Crippen LogP contribution < -0.4 is 10.6 Å². The Morgan fingerprint density at radius 1 is 1.10 bits per heavy atom. The number of benzene rings is 1. The lowest BCUT2D eigenvalue weighted by atomic mass is 10.0. The Balaban J connectivity index is 1.88. The van der Waals surface area contributed by atoms with Crippen LogP contribution in [0.5, 0.6) is 0 Å². The van der Waals surface area contributed by atoms with E-state index in [1.807, 2.05) is 38.1 Å². The van der Waals surface area contributed by atoms with Crippen LogP contribution in [0.2, 0.25) is 0 Å². The predicted octanol–water partition coefficient (Wildman–Crippen LogP) is 3.86. The molecule has 8 nitrogen and oxygen atoms in total. The van der Waals surface area contributed by atoms with Crippen LogP contribution in [0.1, 0.15) is 32.4 Å². The molecule has 3 rings (SSSR count). The summed E-state index contributed by atoms with van der Waals surface area (Å²) in [7, 11) is 0. The van der Waals surface area contributed by atoms with Gasteiger partial charge in [-0.1, -0.05) is 25.5 Å². The number of para-hydroxylation sites is 2. The molecule has 1 atom stereocenters. The number of nitrogens with zero attached hydrogens (tertiary/aromatic N) is 3. The van der Waals surface area contributed by atoms with E-state index < -0.39 is 0 Å². The summed E-state index contributed by atoms with van der Waals surface area (Å²) in [5.41, 5.74) is 3.04. The first kappa shape index (κ1) is 22.0. The monoisotopic (exact) mass is 413 g/mol. The minimum absolute atomic E-state index is 0.184. The molecule has 0 aliphatic carbocycles. The third-order valence-corrected chi connectivity index (χ3v) is 5.01. The summed E-state index contributed by atoms with van der Waals surface area (Å²) in [6.45, 7) is 8.72. The van der Waals surface area contributed by atoms with Gasteiger partial charge in [-0.2, -0.15) is 4.98 Å². The van der Waals surface area contributed by atoms with Crippen LogP contribution in [0.3, 0.4) is 0 Å². The summed E-state index contributed by atoms with van der Waals surface area (Å²) in [4.78, 5) is 13.9. The number of oxazole rings is 1. The highest BCUT2D eigenvalue weighted by Crippen LogP contribution is 2.32. The van der Waals surface area contributed by atoms with Gasteiger partial charge in [0.15, 0.2) is 5.58 Å². The average molecular weight is 414 g/mol. The highest BCUT2D eigenvalue weighted by molar-refractivity contribution is 5.80. The number of fused-ring (bicyclic) bond motifs is 1. The van der Waals surface area contributed by atoms with Gasteiger partial charge in [-0.15, -0.1) is 0 Å². The van der Waals surface area contributed by atoms with E-state index in [9.17, 15) is 5.11 Å². The first-order valence-electron chi connectivity index (χ1n) is 10.6. The molecule has 0 saturated carbocycles. The van der Waals surface area contributed by atoms with Crippen molar-refractivity contribution in [1.29, 1.82) is 0 Å². The highest BCUT2D eigenvalue weighted by Gasteiger charge is 2.19. The number of hydrogen-bond acceptors (Lipinski definition) is 8. The van der Waals surface area contributed by atoms with Gasteiger partial charge >= 0.3 is 0 Å². The molecule has 8 heteroatoms. The Morgan fingerprint density at radius 2 is 1.93 bits per heavy atom. The number of ether oxygens (including phenoxy) is 1. The average Bonchev–Trinajstić information content (AvgIpc) is 3.17. The third kappa shape index (κ3) is 5.46. The molecule has 162 valence electrons. The van der Waals surface area contributed by atoms with Crippen molar-refractivity contribution in [3.05, 3.63) is 30.0 Å². The molecule has 0 bridgehead atoms. The molecule has 0 spiro atoms. The number of anilines is 2. The maximum Gasteiger partial charge on any atom is 0.232 e. The molecule has 3 aromatic rings. The topological polar surface area (TPSA) is 105 Å². The van der Waals surface area contributed by atoms with Gasteiger partial charge < -0.3 is 24.9 Å². The first-order valence-corrected chi connectivity index (χ1v) is 10.6. The molecule has 0 saturated heterocycles. The van der Waals surface area contributed by atoms with Gasteiger partial charge in [0, 0.05) is 26.3 Å². The van der Waals surface area contributed by atoms with Gasteiger partial charge in [0.25, 0.3) is 0 Å².